The Bertz CT molecular complexity index is 857. The molecule has 3 heterocycles. The number of esters is 1. The summed E-state index contributed by atoms with van der Waals surface area (Å²) < 4.78 is 4.95. The Kier molecular flexibility index (Phi) is 3.35. The van der Waals surface area contributed by atoms with Crippen molar-refractivity contribution in [3.63, 3.8) is 0 Å². The molecule has 2 N–H and O–H groups in total. The summed E-state index contributed by atoms with van der Waals surface area (Å²) in [5.41, 5.74) is 4.37. The molecule has 1 aliphatic rings. The van der Waals surface area contributed by atoms with Crippen molar-refractivity contribution < 1.29 is 9.53 Å². The molecular weight excluding hydrogens is 290 g/mol. The number of aromatic amines is 1. The van der Waals surface area contributed by atoms with E-state index in [2.05, 4.69) is 27.4 Å². The van der Waals surface area contributed by atoms with Crippen LogP contribution in [0.5, 0.6) is 0 Å². The Morgan fingerprint density at radius 2 is 2.13 bits per heavy atom. The Morgan fingerprint density at radius 3 is 2.91 bits per heavy atom. The van der Waals surface area contributed by atoms with Gasteiger partial charge in [-0.2, -0.15) is 0 Å². The second kappa shape index (κ2) is 5.52. The molecule has 23 heavy (non-hydrogen) atoms. The lowest BCUT2D eigenvalue weighted by atomic mass is 9.91. The van der Waals surface area contributed by atoms with E-state index in [0.717, 1.165) is 22.2 Å². The topological polar surface area (TPSA) is 67.0 Å². The number of carbonyl (C=O) groups excluding carboxylic acids is 1. The SMILES string of the molecule is COC(=O)C1Cc2c([nH]c3ccccc23)C(c2cccnc2)N1. The molecule has 3 aromatic rings. The van der Waals surface area contributed by atoms with Crippen LogP contribution in [0.2, 0.25) is 0 Å². The highest BCUT2D eigenvalue weighted by molar-refractivity contribution is 5.87. The number of benzene rings is 1. The van der Waals surface area contributed by atoms with Gasteiger partial charge in [-0.3, -0.25) is 15.1 Å². The molecule has 2 aromatic heterocycles. The number of methoxy groups -OCH3 is 1. The van der Waals surface area contributed by atoms with Crippen molar-refractivity contribution in [3.05, 3.63) is 65.6 Å². The van der Waals surface area contributed by atoms with Crippen molar-refractivity contribution in [2.24, 2.45) is 0 Å². The maximum atomic E-state index is 12.1. The molecule has 0 spiro atoms. The van der Waals surface area contributed by atoms with Gasteiger partial charge in [0.05, 0.1) is 13.2 Å². The number of nitrogens with zero attached hydrogens (tertiary/aromatic N) is 1. The van der Waals surface area contributed by atoms with Crippen molar-refractivity contribution in [1.29, 1.82) is 0 Å². The summed E-state index contributed by atoms with van der Waals surface area (Å²) in [5.74, 6) is -0.241. The number of fused-ring (bicyclic) bond motifs is 3. The zero-order chi connectivity index (χ0) is 15.8. The number of ether oxygens (including phenoxy) is 1. The molecule has 0 aliphatic carbocycles. The van der Waals surface area contributed by atoms with Crippen molar-refractivity contribution in [2.45, 2.75) is 18.5 Å². The first-order chi connectivity index (χ1) is 11.3. The molecule has 0 saturated heterocycles. The maximum Gasteiger partial charge on any atom is 0.323 e. The molecule has 0 amide bonds. The van der Waals surface area contributed by atoms with Crippen LogP contribution in [0.1, 0.15) is 22.9 Å². The lowest BCUT2D eigenvalue weighted by Crippen LogP contribution is -2.45. The summed E-state index contributed by atoms with van der Waals surface area (Å²) in [5, 5.41) is 4.55. The molecule has 5 heteroatoms. The number of nitrogens with one attached hydrogen (secondary N) is 2. The highest BCUT2D eigenvalue weighted by Crippen LogP contribution is 2.35. The second-order valence-electron chi connectivity index (χ2n) is 5.73. The number of rotatable bonds is 2. The predicted octanol–water partition coefficient (Wildman–Crippen LogP) is 2.34. The van der Waals surface area contributed by atoms with Gasteiger partial charge < -0.3 is 9.72 Å². The van der Waals surface area contributed by atoms with Crippen LogP contribution in [0.4, 0.5) is 0 Å². The van der Waals surface area contributed by atoms with E-state index in [1.54, 1.807) is 6.20 Å². The second-order valence-corrected chi connectivity index (χ2v) is 5.73. The summed E-state index contributed by atoms with van der Waals surface area (Å²) in [6.07, 6.45) is 4.19. The fourth-order valence-electron chi connectivity index (χ4n) is 3.34. The average Bonchev–Trinajstić information content (AvgIpc) is 2.99. The van der Waals surface area contributed by atoms with Gasteiger partial charge in [0.25, 0.3) is 0 Å². The van der Waals surface area contributed by atoms with E-state index >= 15 is 0 Å². The van der Waals surface area contributed by atoms with Crippen LogP contribution >= 0.6 is 0 Å². The summed E-state index contributed by atoms with van der Waals surface area (Å²) in [7, 11) is 1.42. The molecule has 4 rings (SSSR count). The van der Waals surface area contributed by atoms with Gasteiger partial charge in [0.1, 0.15) is 6.04 Å². The first-order valence-electron chi connectivity index (χ1n) is 7.61. The van der Waals surface area contributed by atoms with Gasteiger partial charge in [-0.15, -0.1) is 0 Å². The van der Waals surface area contributed by atoms with Gasteiger partial charge in [0, 0.05) is 35.4 Å². The van der Waals surface area contributed by atoms with Crippen LogP contribution in [0.3, 0.4) is 0 Å². The third-order valence-corrected chi connectivity index (χ3v) is 4.41. The van der Waals surface area contributed by atoms with Gasteiger partial charge in [-0.1, -0.05) is 24.3 Å². The van der Waals surface area contributed by atoms with E-state index in [1.165, 1.54) is 12.7 Å². The number of H-pyrrole nitrogens is 1. The minimum absolute atomic E-state index is 0.107. The van der Waals surface area contributed by atoms with E-state index in [0.29, 0.717) is 6.42 Å². The van der Waals surface area contributed by atoms with Crippen LogP contribution in [0, 0.1) is 0 Å². The molecule has 0 saturated carbocycles. The predicted molar refractivity (Wildman–Crippen MR) is 87.0 cm³/mol. The monoisotopic (exact) mass is 307 g/mol. The van der Waals surface area contributed by atoms with E-state index < -0.39 is 0 Å². The highest BCUT2D eigenvalue weighted by atomic mass is 16.5. The van der Waals surface area contributed by atoms with Crippen molar-refractivity contribution in [3.8, 4) is 0 Å². The first kappa shape index (κ1) is 14.0. The zero-order valence-electron chi connectivity index (χ0n) is 12.7. The fraction of sp³-hybridized carbons (Fsp3) is 0.222. The van der Waals surface area contributed by atoms with E-state index in [1.807, 2.05) is 30.5 Å². The Labute approximate surface area is 133 Å². The van der Waals surface area contributed by atoms with Crippen LogP contribution in [0.25, 0.3) is 10.9 Å². The van der Waals surface area contributed by atoms with Crippen molar-refractivity contribution >= 4 is 16.9 Å². The molecular formula is C18H17N3O2. The number of carbonyl (C=O) groups is 1. The smallest absolute Gasteiger partial charge is 0.323 e. The molecule has 2 unspecified atom stereocenters. The number of aromatic nitrogens is 2. The normalized spacial score (nSPS) is 20.2. The lowest BCUT2D eigenvalue weighted by Gasteiger charge is -2.30. The Hall–Kier alpha value is -2.66. The van der Waals surface area contributed by atoms with Gasteiger partial charge in [0.15, 0.2) is 0 Å². The van der Waals surface area contributed by atoms with Crippen molar-refractivity contribution in [1.82, 2.24) is 15.3 Å². The van der Waals surface area contributed by atoms with E-state index in [4.69, 9.17) is 4.74 Å². The zero-order valence-corrected chi connectivity index (χ0v) is 12.7. The number of para-hydroxylation sites is 1. The Balaban J connectivity index is 1.88. The molecule has 0 bridgehead atoms. The third kappa shape index (κ3) is 2.29. The first-order valence-corrected chi connectivity index (χ1v) is 7.61. The lowest BCUT2D eigenvalue weighted by molar-refractivity contribution is -0.143. The molecule has 0 radical (unpaired) electrons. The summed E-state index contributed by atoms with van der Waals surface area (Å²) in [6.45, 7) is 0. The average molecular weight is 307 g/mol. The summed E-state index contributed by atoms with van der Waals surface area (Å²) in [4.78, 5) is 19.8. The highest BCUT2D eigenvalue weighted by Gasteiger charge is 2.34. The number of pyridine rings is 1. The molecule has 1 aromatic carbocycles. The minimum atomic E-state index is -0.364. The molecule has 2 atom stereocenters. The minimum Gasteiger partial charge on any atom is -0.468 e. The standard InChI is InChI=1S/C18H17N3O2/c1-23-18(22)15-9-13-12-6-2-3-7-14(12)20-17(13)16(21-15)11-5-4-8-19-10-11/h2-8,10,15-16,20-21H,9H2,1H3. The Morgan fingerprint density at radius 1 is 1.26 bits per heavy atom. The largest absolute Gasteiger partial charge is 0.468 e. The van der Waals surface area contributed by atoms with Gasteiger partial charge in [-0.05, 0) is 23.3 Å². The maximum absolute atomic E-state index is 12.1. The number of hydrogen-bond acceptors (Lipinski definition) is 4. The molecule has 0 fully saturated rings. The van der Waals surface area contributed by atoms with Crippen molar-refractivity contribution in [2.75, 3.05) is 7.11 Å². The number of hydrogen-bond donors (Lipinski definition) is 2. The van der Waals surface area contributed by atoms with E-state index in [9.17, 15) is 4.79 Å². The van der Waals surface area contributed by atoms with Gasteiger partial charge in [0.2, 0.25) is 0 Å². The summed E-state index contributed by atoms with van der Waals surface area (Å²) >= 11 is 0. The molecule has 116 valence electrons. The summed E-state index contributed by atoms with van der Waals surface area (Å²) in [6, 6.07) is 11.6. The molecule has 5 nitrogen and oxygen atoms in total. The van der Waals surface area contributed by atoms with Crippen LogP contribution in [-0.2, 0) is 16.0 Å². The van der Waals surface area contributed by atoms with Gasteiger partial charge >= 0.3 is 5.97 Å². The molecule has 1 aliphatic heterocycles. The van der Waals surface area contributed by atoms with Crippen LogP contribution < -0.4 is 5.32 Å². The van der Waals surface area contributed by atoms with Crippen LogP contribution in [-0.4, -0.2) is 29.1 Å². The third-order valence-electron chi connectivity index (χ3n) is 4.41. The van der Waals surface area contributed by atoms with E-state index in [-0.39, 0.29) is 18.1 Å². The van der Waals surface area contributed by atoms with Crippen LogP contribution in [0.15, 0.2) is 48.8 Å². The van der Waals surface area contributed by atoms with Gasteiger partial charge in [-0.25, -0.2) is 0 Å². The fourth-order valence-corrected chi connectivity index (χ4v) is 3.34. The quantitative estimate of drug-likeness (QED) is 0.713.